The summed E-state index contributed by atoms with van der Waals surface area (Å²) in [5, 5.41) is 10.2. The van der Waals surface area contributed by atoms with Crippen LogP contribution in [0, 0.1) is 0 Å². The number of hydrogen-bond donors (Lipinski definition) is 0. The minimum absolute atomic E-state index is 0.399. The first-order chi connectivity index (χ1) is 12.9. The fraction of sp³-hybridized carbons (Fsp3) is 0.300. The van der Waals surface area contributed by atoms with Gasteiger partial charge in [-0.15, -0.1) is 16.8 Å². The molecule has 0 saturated heterocycles. The Morgan fingerprint density at radius 1 is 1.19 bits per heavy atom. The molecule has 5 nitrogen and oxygen atoms in total. The van der Waals surface area contributed by atoms with Crippen molar-refractivity contribution in [2.24, 2.45) is 0 Å². The van der Waals surface area contributed by atoms with E-state index in [1.807, 2.05) is 6.08 Å². The second-order valence-corrected chi connectivity index (χ2v) is 7.52. The third-order valence-electron chi connectivity index (χ3n) is 4.63. The maximum absolute atomic E-state index is 4.47. The van der Waals surface area contributed by atoms with Crippen LogP contribution in [0.4, 0.5) is 0 Å². The number of rotatable bonds is 5. The summed E-state index contributed by atoms with van der Waals surface area (Å²) in [6.07, 6.45) is 11.7. The van der Waals surface area contributed by atoms with E-state index in [0.717, 1.165) is 29.5 Å². The first-order valence-electron chi connectivity index (χ1n) is 8.92. The fourth-order valence-corrected chi connectivity index (χ4v) is 4.67. The van der Waals surface area contributed by atoms with Crippen LogP contribution < -0.4 is 0 Å². The fourth-order valence-electron chi connectivity index (χ4n) is 3.40. The molecule has 0 radical (unpaired) electrons. The van der Waals surface area contributed by atoms with Crippen LogP contribution in [0.5, 0.6) is 0 Å². The van der Waals surface area contributed by atoms with Crippen molar-refractivity contribution in [2.75, 3.05) is 0 Å². The van der Waals surface area contributed by atoms with Gasteiger partial charge in [0.25, 0.3) is 0 Å². The summed E-state index contributed by atoms with van der Waals surface area (Å²) >= 11 is 1.80. The van der Waals surface area contributed by atoms with Gasteiger partial charge >= 0.3 is 0 Å². The van der Waals surface area contributed by atoms with Crippen LogP contribution in [0.25, 0.3) is 11.5 Å². The summed E-state index contributed by atoms with van der Waals surface area (Å²) in [6, 6.07) is 8.79. The van der Waals surface area contributed by atoms with E-state index in [1.165, 1.54) is 24.0 Å². The molecule has 0 spiro atoms. The molecule has 6 heteroatoms. The average Bonchev–Trinajstić information content (AvgIpc) is 2.96. The van der Waals surface area contributed by atoms with Crippen LogP contribution in [0.15, 0.2) is 60.7 Å². The molecule has 2 heterocycles. The van der Waals surface area contributed by atoms with Gasteiger partial charge in [0, 0.05) is 24.2 Å². The lowest BCUT2D eigenvalue weighted by Crippen LogP contribution is -2.04. The van der Waals surface area contributed by atoms with E-state index in [2.05, 4.69) is 55.6 Å². The molecule has 0 bridgehead atoms. The predicted octanol–water partition coefficient (Wildman–Crippen LogP) is 4.48. The van der Waals surface area contributed by atoms with E-state index in [1.54, 1.807) is 30.4 Å². The highest BCUT2D eigenvalue weighted by atomic mass is 32.2. The van der Waals surface area contributed by atoms with Gasteiger partial charge in [-0.1, -0.05) is 48.5 Å². The average molecular weight is 363 g/mol. The van der Waals surface area contributed by atoms with E-state index in [9.17, 15) is 0 Å². The standard InChI is InChI=1S/C20H21N5S/c1-2-13-25-19(17-14-21-11-12-22-17)23-24-20(25)26-18-10-6-4-8-15-7-3-5-9-16(15)18/h2-3,5,7,9,11-12,14,18H,1,4,6,8,10,13H2/t18-/m0/s1. The predicted molar refractivity (Wildman–Crippen MR) is 104 cm³/mol. The molecule has 1 aliphatic rings. The molecule has 3 aromatic rings. The van der Waals surface area contributed by atoms with Gasteiger partial charge < -0.3 is 0 Å². The Balaban J connectivity index is 1.69. The SMILES string of the molecule is C=CCn1c(S[C@H]2CCCCc3ccccc32)nnc1-c1cnccn1. The quantitative estimate of drug-likeness (QED) is 0.494. The minimum Gasteiger partial charge on any atom is -0.297 e. The van der Waals surface area contributed by atoms with Crippen molar-refractivity contribution < 1.29 is 0 Å². The molecular weight excluding hydrogens is 342 g/mol. The minimum atomic E-state index is 0.399. The van der Waals surface area contributed by atoms with E-state index in [-0.39, 0.29) is 0 Å². The monoisotopic (exact) mass is 363 g/mol. The van der Waals surface area contributed by atoms with Gasteiger partial charge in [0.05, 0.1) is 6.20 Å². The van der Waals surface area contributed by atoms with Crippen molar-refractivity contribution in [3.63, 3.8) is 0 Å². The lowest BCUT2D eigenvalue weighted by atomic mass is 10.0. The summed E-state index contributed by atoms with van der Waals surface area (Å²) in [5.74, 6) is 0.738. The second kappa shape index (κ2) is 7.83. The van der Waals surface area contributed by atoms with Gasteiger partial charge in [-0.25, -0.2) is 4.98 Å². The molecule has 0 N–H and O–H groups in total. The third-order valence-corrected chi connectivity index (χ3v) is 5.92. The zero-order chi connectivity index (χ0) is 17.8. The lowest BCUT2D eigenvalue weighted by molar-refractivity contribution is 0.692. The highest BCUT2D eigenvalue weighted by molar-refractivity contribution is 7.99. The van der Waals surface area contributed by atoms with Crippen molar-refractivity contribution in [3.8, 4) is 11.5 Å². The van der Waals surface area contributed by atoms with Gasteiger partial charge in [-0.05, 0) is 30.4 Å². The van der Waals surface area contributed by atoms with E-state index >= 15 is 0 Å². The number of aryl methyl sites for hydroxylation is 1. The topological polar surface area (TPSA) is 56.5 Å². The van der Waals surface area contributed by atoms with Crippen LogP contribution in [0.1, 0.15) is 35.6 Å². The van der Waals surface area contributed by atoms with Gasteiger partial charge in [-0.2, -0.15) is 0 Å². The third kappa shape index (κ3) is 3.42. The number of thioether (sulfide) groups is 1. The first kappa shape index (κ1) is 17.0. The molecule has 0 unspecified atom stereocenters. The first-order valence-corrected chi connectivity index (χ1v) is 9.79. The molecule has 0 aliphatic heterocycles. The van der Waals surface area contributed by atoms with Crippen molar-refractivity contribution in [3.05, 3.63) is 66.6 Å². The van der Waals surface area contributed by atoms with Gasteiger partial charge in [0.15, 0.2) is 11.0 Å². The Labute approximate surface area is 157 Å². The number of hydrogen-bond acceptors (Lipinski definition) is 5. The van der Waals surface area contributed by atoms with Crippen molar-refractivity contribution >= 4 is 11.8 Å². The smallest absolute Gasteiger partial charge is 0.192 e. The molecular formula is C20H21N5S. The molecule has 0 amide bonds. The molecule has 0 fully saturated rings. The van der Waals surface area contributed by atoms with Gasteiger partial charge in [0.1, 0.15) is 5.69 Å². The van der Waals surface area contributed by atoms with Crippen LogP contribution in [-0.4, -0.2) is 24.7 Å². The summed E-state index contributed by atoms with van der Waals surface area (Å²) in [7, 11) is 0. The lowest BCUT2D eigenvalue weighted by Gasteiger charge is -2.17. The number of benzene rings is 1. The molecule has 0 saturated carbocycles. The zero-order valence-electron chi connectivity index (χ0n) is 14.6. The number of aromatic nitrogens is 5. The summed E-state index contributed by atoms with van der Waals surface area (Å²) < 4.78 is 2.08. The maximum atomic E-state index is 4.47. The van der Waals surface area contributed by atoms with Crippen molar-refractivity contribution in [2.45, 2.75) is 42.6 Å². The Morgan fingerprint density at radius 3 is 2.96 bits per heavy atom. The Bertz CT molecular complexity index is 890. The second-order valence-electron chi connectivity index (χ2n) is 6.35. The van der Waals surface area contributed by atoms with Crippen LogP contribution in [0.2, 0.25) is 0 Å². The number of nitrogens with zero attached hydrogens (tertiary/aromatic N) is 5. The molecule has 1 atom stereocenters. The largest absolute Gasteiger partial charge is 0.297 e. The summed E-state index contributed by atoms with van der Waals surface area (Å²) in [6.45, 7) is 4.54. The van der Waals surface area contributed by atoms with Crippen molar-refractivity contribution in [1.82, 2.24) is 24.7 Å². The molecule has 1 aliphatic carbocycles. The van der Waals surface area contributed by atoms with Crippen LogP contribution in [-0.2, 0) is 13.0 Å². The molecule has 2 aromatic heterocycles. The summed E-state index contributed by atoms with van der Waals surface area (Å²) in [5.41, 5.74) is 3.63. The molecule has 4 rings (SSSR count). The number of allylic oxidation sites excluding steroid dienone is 1. The Kier molecular flexibility index (Phi) is 5.11. The molecule has 1 aromatic carbocycles. The van der Waals surface area contributed by atoms with Gasteiger partial charge in [0.2, 0.25) is 0 Å². The maximum Gasteiger partial charge on any atom is 0.192 e. The van der Waals surface area contributed by atoms with E-state index in [4.69, 9.17) is 0 Å². The molecule has 132 valence electrons. The highest BCUT2D eigenvalue weighted by Gasteiger charge is 2.23. The Hall–Kier alpha value is -2.47. The highest BCUT2D eigenvalue weighted by Crippen LogP contribution is 2.42. The van der Waals surface area contributed by atoms with E-state index in [0.29, 0.717) is 11.8 Å². The Morgan fingerprint density at radius 2 is 2.12 bits per heavy atom. The van der Waals surface area contributed by atoms with Gasteiger partial charge in [-0.3, -0.25) is 9.55 Å². The number of fused-ring (bicyclic) bond motifs is 1. The van der Waals surface area contributed by atoms with Crippen molar-refractivity contribution in [1.29, 1.82) is 0 Å². The zero-order valence-corrected chi connectivity index (χ0v) is 15.4. The van der Waals surface area contributed by atoms with E-state index < -0.39 is 0 Å². The van der Waals surface area contributed by atoms with Crippen LogP contribution in [0.3, 0.4) is 0 Å². The van der Waals surface area contributed by atoms with Crippen LogP contribution >= 0.6 is 11.8 Å². The normalized spacial score (nSPS) is 16.7. The summed E-state index contributed by atoms with van der Waals surface area (Å²) in [4.78, 5) is 8.53. The molecule has 26 heavy (non-hydrogen) atoms.